The lowest BCUT2D eigenvalue weighted by molar-refractivity contribution is 0.344. The van der Waals surface area contributed by atoms with Crippen molar-refractivity contribution in [3.63, 3.8) is 0 Å². The molecule has 0 aliphatic carbocycles. The maximum absolute atomic E-state index is 4.65. The molecule has 21 heavy (non-hydrogen) atoms. The van der Waals surface area contributed by atoms with E-state index in [1.54, 1.807) is 0 Å². The van der Waals surface area contributed by atoms with Gasteiger partial charge in [-0.2, -0.15) is 0 Å². The summed E-state index contributed by atoms with van der Waals surface area (Å²) >= 11 is 0. The molecule has 0 amide bonds. The number of hydrogen-bond acceptors (Lipinski definition) is 5. The molecule has 1 unspecified atom stereocenters. The Kier molecular flexibility index (Phi) is 7.43. The highest BCUT2D eigenvalue weighted by molar-refractivity contribution is 5.48. The minimum absolute atomic E-state index is 0.374. The minimum atomic E-state index is 0.374. The monoisotopic (exact) mass is 293 g/mol. The predicted octanol–water partition coefficient (Wildman–Crippen LogP) is 2.86. The summed E-state index contributed by atoms with van der Waals surface area (Å²) in [5.41, 5.74) is 0. The summed E-state index contributed by atoms with van der Waals surface area (Å²) in [5, 5.41) is 6.86. The van der Waals surface area contributed by atoms with Crippen molar-refractivity contribution in [2.45, 2.75) is 46.6 Å². The third-order valence-electron chi connectivity index (χ3n) is 3.30. The molecule has 1 aromatic heterocycles. The number of aryl methyl sites for hydroxylation is 1. The van der Waals surface area contributed by atoms with Gasteiger partial charge in [0.1, 0.15) is 17.5 Å². The first-order chi connectivity index (χ1) is 9.96. The third-order valence-corrected chi connectivity index (χ3v) is 3.30. The van der Waals surface area contributed by atoms with Crippen molar-refractivity contribution >= 4 is 11.6 Å². The fraction of sp³-hybridized carbons (Fsp3) is 0.750. The number of likely N-dealkylation sites (N-methyl/N-ethyl adjacent to an activating group) is 1. The summed E-state index contributed by atoms with van der Waals surface area (Å²) in [4.78, 5) is 11.4. The van der Waals surface area contributed by atoms with Crippen LogP contribution in [0.25, 0.3) is 0 Å². The highest BCUT2D eigenvalue weighted by Gasteiger charge is 2.15. The molecule has 5 nitrogen and oxygen atoms in total. The number of nitrogens with one attached hydrogen (secondary N) is 2. The normalized spacial score (nSPS) is 12.8. The summed E-state index contributed by atoms with van der Waals surface area (Å²) in [6.07, 6.45) is 1.97. The zero-order valence-corrected chi connectivity index (χ0v) is 14.4. The van der Waals surface area contributed by atoms with E-state index in [0.29, 0.717) is 12.0 Å². The lowest BCUT2D eigenvalue weighted by atomic mass is 10.0. The summed E-state index contributed by atoms with van der Waals surface area (Å²) in [6, 6.07) is 2.38. The van der Waals surface area contributed by atoms with Gasteiger partial charge in [0.15, 0.2) is 0 Å². The molecular formula is C16H31N5. The average molecular weight is 293 g/mol. The van der Waals surface area contributed by atoms with Crippen LogP contribution in [0.4, 0.5) is 11.6 Å². The summed E-state index contributed by atoms with van der Waals surface area (Å²) in [5.74, 6) is 3.28. The summed E-state index contributed by atoms with van der Waals surface area (Å²) in [7, 11) is 4.20. The Morgan fingerprint density at radius 1 is 1.14 bits per heavy atom. The van der Waals surface area contributed by atoms with Gasteiger partial charge in [0.05, 0.1) is 0 Å². The Hall–Kier alpha value is -1.36. The van der Waals surface area contributed by atoms with Gasteiger partial charge < -0.3 is 15.5 Å². The van der Waals surface area contributed by atoms with Crippen molar-refractivity contribution in [3.8, 4) is 0 Å². The highest BCUT2D eigenvalue weighted by atomic mass is 15.1. The molecule has 0 spiro atoms. The maximum atomic E-state index is 4.65. The number of nitrogens with zero attached hydrogens (tertiary/aromatic N) is 3. The molecule has 0 saturated carbocycles. The van der Waals surface area contributed by atoms with Gasteiger partial charge in [-0.25, -0.2) is 9.97 Å². The molecule has 0 aliphatic heterocycles. The Bertz CT molecular complexity index is 393. The van der Waals surface area contributed by atoms with E-state index >= 15 is 0 Å². The number of hydrogen-bond donors (Lipinski definition) is 2. The van der Waals surface area contributed by atoms with Gasteiger partial charge >= 0.3 is 0 Å². The minimum Gasteiger partial charge on any atom is -0.370 e. The van der Waals surface area contributed by atoms with E-state index in [1.807, 2.05) is 6.07 Å². The maximum Gasteiger partial charge on any atom is 0.133 e. The van der Waals surface area contributed by atoms with E-state index < -0.39 is 0 Å². The van der Waals surface area contributed by atoms with Gasteiger partial charge in [-0.3, -0.25) is 0 Å². The lowest BCUT2D eigenvalue weighted by Gasteiger charge is -2.26. The van der Waals surface area contributed by atoms with Crippen molar-refractivity contribution in [2.75, 3.05) is 37.8 Å². The van der Waals surface area contributed by atoms with Crippen LogP contribution < -0.4 is 10.6 Å². The third kappa shape index (κ3) is 6.29. The van der Waals surface area contributed by atoms with Crippen molar-refractivity contribution in [1.29, 1.82) is 0 Å². The first-order valence-corrected chi connectivity index (χ1v) is 7.99. The molecule has 1 heterocycles. The molecule has 0 aromatic carbocycles. The Balaban J connectivity index is 2.92. The van der Waals surface area contributed by atoms with Crippen LogP contribution in [0.2, 0.25) is 0 Å². The van der Waals surface area contributed by atoms with E-state index in [9.17, 15) is 0 Å². The van der Waals surface area contributed by atoms with E-state index in [4.69, 9.17) is 0 Å². The highest BCUT2D eigenvalue weighted by Crippen LogP contribution is 2.16. The van der Waals surface area contributed by atoms with Gasteiger partial charge in [-0.1, -0.05) is 20.8 Å². The quantitative estimate of drug-likeness (QED) is 0.733. The van der Waals surface area contributed by atoms with Crippen LogP contribution in [0, 0.1) is 5.92 Å². The molecule has 120 valence electrons. The van der Waals surface area contributed by atoms with Gasteiger partial charge in [0.25, 0.3) is 0 Å². The fourth-order valence-electron chi connectivity index (χ4n) is 2.18. The summed E-state index contributed by atoms with van der Waals surface area (Å²) in [6.45, 7) is 10.6. The van der Waals surface area contributed by atoms with E-state index in [-0.39, 0.29) is 0 Å². The van der Waals surface area contributed by atoms with Crippen LogP contribution in [0.1, 0.15) is 39.9 Å². The van der Waals surface area contributed by atoms with Gasteiger partial charge in [-0.05, 0) is 33.4 Å². The van der Waals surface area contributed by atoms with E-state index in [2.05, 4.69) is 67.3 Å². The first kappa shape index (κ1) is 17.7. The van der Waals surface area contributed by atoms with Crippen molar-refractivity contribution in [1.82, 2.24) is 14.9 Å². The standard InChI is InChI=1S/C16H31N5/c1-7-9-14-19-15(17-8-2)10-16(20-14)18-13(12(3)4)11-21(5)6/h10,12-13H,7-9,11H2,1-6H3,(H2,17,18,19,20). The molecule has 0 radical (unpaired) electrons. The number of rotatable bonds is 9. The molecule has 1 atom stereocenters. The molecule has 0 saturated heterocycles. The molecule has 0 aliphatic rings. The Morgan fingerprint density at radius 2 is 1.81 bits per heavy atom. The van der Waals surface area contributed by atoms with Crippen LogP contribution in [0.15, 0.2) is 6.07 Å². The molecular weight excluding hydrogens is 262 g/mol. The first-order valence-electron chi connectivity index (χ1n) is 7.99. The second kappa shape index (κ2) is 8.82. The molecule has 1 rings (SSSR count). The van der Waals surface area contributed by atoms with Crippen LogP contribution in [0.3, 0.4) is 0 Å². The van der Waals surface area contributed by atoms with Crippen molar-refractivity contribution < 1.29 is 0 Å². The number of anilines is 2. The van der Waals surface area contributed by atoms with Crippen molar-refractivity contribution in [3.05, 3.63) is 11.9 Å². The predicted molar refractivity (Wildman–Crippen MR) is 91.0 cm³/mol. The van der Waals surface area contributed by atoms with Gasteiger partial charge in [0, 0.05) is 31.6 Å². The topological polar surface area (TPSA) is 53.1 Å². The molecule has 5 heteroatoms. The second-order valence-electron chi connectivity index (χ2n) is 6.09. The lowest BCUT2D eigenvalue weighted by Crippen LogP contribution is -2.36. The molecule has 0 fully saturated rings. The SMILES string of the molecule is CCCc1nc(NCC)cc(NC(CN(C)C)C(C)C)n1. The van der Waals surface area contributed by atoms with E-state index in [1.165, 1.54) is 0 Å². The summed E-state index contributed by atoms with van der Waals surface area (Å²) < 4.78 is 0. The van der Waals surface area contributed by atoms with Gasteiger partial charge in [-0.15, -0.1) is 0 Å². The van der Waals surface area contributed by atoms with Gasteiger partial charge in [0.2, 0.25) is 0 Å². The Labute approximate surface area is 129 Å². The number of aromatic nitrogens is 2. The molecule has 0 bridgehead atoms. The zero-order valence-electron chi connectivity index (χ0n) is 14.4. The molecule has 2 N–H and O–H groups in total. The molecule has 1 aromatic rings. The Morgan fingerprint density at radius 3 is 2.33 bits per heavy atom. The zero-order chi connectivity index (χ0) is 15.8. The largest absolute Gasteiger partial charge is 0.370 e. The van der Waals surface area contributed by atoms with Crippen LogP contribution in [-0.4, -0.2) is 48.1 Å². The van der Waals surface area contributed by atoms with Crippen LogP contribution in [0.5, 0.6) is 0 Å². The van der Waals surface area contributed by atoms with Crippen LogP contribution >= 0.6 is 0 Å². The second-order valence-corrected chi connectivity index (χ2v) is 6.09. The smallest absolute Gasteiger partial charge is 0.133 e. The fourth-order valence-corrected chi connectivity index (χ4v) is 2.18. The average Bonchev–Trinajstić information content (AvgIpc) is 2.38. The van der Waals surface area contributed by atoms with E-state index in [0.717, 1.165) is 43.4 Å². The van der Waals surface area contributed by atoms with Crippen molar-refractivity contribution in [2.24, 2.45) is 5.92 Å². The van der Waals surface area contributed by atoms with Crippen LogP contribution in [-0.2, 0) is 6.42 Å².